The van der Waals surface area contributed by atoms with Gasteiger partial charge in [0.1, 0.15) is 5.82 Å². The summed E-state index contributed by atoms with van der Waals surface area (Å²) in [6, 6.07) is 11.0. The molecule has 0 bridgehead atoms. The standard InChI is InChI=1S/C17H11Cl2FN4O/c18-11-4-3-7-14(15(11)19)24-17-21-8-10(9-22-17)16(25)23-13-6-2-1-5-12(13)20/h1-9H,(H,23,25)(H,21,22,24). The Labute approximate surface area is 152 Å². The van der Waals surface area contributed by atoms with Crippen LogP contribution in [0, 0.1) is 5.82 Å². The highest BCUT2D eigenvalue weighted by molar-refractivity contribution is 6.43. The second-order valence-electron chi connectivity index (χ2n) is 4.96. The molecule has 5 nitrogen and oxygen atoms in total. The summed E-state index contributed by atoms with van der Waals surface area (Å²) in [5.41, 5.74) is 0.809. The van der Waals surface area contributed by atoms with E-state index in [1.165, 1.54) is 30.6 Å². The Bertz CT molecular complexity index is 919. The van der Waals surface area contributed by atoms with Gasteiger partial charge in [0.2, 0.25) is 5.95 Å². The first-order valence-electron chi connectivity index (χ1n) is 7.13. The number of aromatic nitrogens is 2. The number of nitrogens with zero attached hydrogens (tertiary/aromatic N) is 2. The Kier molecular flexibility index (Phi) is 5.11. The summed E-state index contributed by atoms with van der Waals surface area (Å²) < 4.78 is 13.6. The number of carbonyl (C=O) groups excluding carboxylic acids is 1. The number of hydrogen-bond donors (Lipinski definition) is 2. The van der Waals surface area contributed by atoms with Gasteiger partial charge < -0.3 is 10.6 Å². The van der Waals surface area contributed by atoms with Gasteiger partial charge in [-0.05, 0) is 24.3 Å². The van der Waals surface area contributed by atoms with Gasteiger partial charge >= 0.3 is 0 Å². The summed E-state index contributed by atoms with van der Waals surface area (Å²) in [4.78, 5) is 20.2. The topological polar surface area (TPSA) is 66.9 Å². The third-order valence-electron chi connectivity index (χ3n) is 3.23. The third kappa shape index (κ3) is 4.04. The van der Waals surface area contributed by atoms with E-state index in [2.05, 4.69) is 20.6 Å². The van der Waals surface area contributed by atoms with E-state index in [4.69, 9.17) is 23.2 Å². The van der Waals surface area contributed by atoms with Crippen molar-refractivity contribution in [2.24, 2.45) is 0 Å². The molecule has 2 N–H and O–H groups in total. The number of anilines is 3. The molecule has 0 aliphatic heterocycles. The number of amides is 1. The van der Waals surface area contributed by atoms with Gasteiger partial charge in [-0.3, -0.25) is 4.79 Å². The zero-order valence-corrected chi connectivity index (χ0v) is 14.1. The first-order valence-corrected chi connectivity index (χ1v) is 7.89. The smallest absolute Gasteiger partial charge is 0.258 e. The second kappa shape index (κ2) is 7.46. The number of halogens is 3. The largest absolute Gasteiger partial charge is 0.323 e. The van der Waals surface area contributed by atoms with Crippen molar-refractivity contribution in [1.82, 2.24) is 9.97 Å². The summed E-state index contributed by atoms with van der Waals surface area (Å²) in [5, 5.41) is 6.10. The minimum atomic E-state index is -0.523. The summed E-state index contributed by atoms with van der Waals surface area (Å²) in [5.74, 6) is -0.797. The van der Waals surface area contributed by atoms with Gasteiger partial charge in [0.05, 0.1) is 27.0 Å². The Balaban J connectivity index is 1.73. The van der Waals surface area contributed by atoms with Crippen molar-refractivity contribution >= 4 is 46.4 Å². The lowest BCUT2D eigenvalue weighted by atomic mass is 10.2. The van der Waals surface area contributed by atoms with Crippen molar-refractivity contribution in [3.63, 3.8) is 0 Å². The molecule has 0 atom stereocenters. The van der Waals surface area contributed by atoms with Gasteiger partial charge in [0.25, 0.3) is 5.91 Å². The van der Waals surface area contributed by atoms with Crippen molar-refractivity contribution in [2.45, 2.75) is 0 Å². The molecule has 0 aliphatic rings. The third-order valence-corrected chi connectivity index (χ3v) is 4.05. The number of nitrogens with one attached hydrogen (secondary N) is 2. The number of rotatable bonds is 4. The maximum absolute atomic E-state index is 13.6. The molecule has 1 heterocycles. The maximum Gasteiger partial charge on any atom is 0.258 e. The minimum absolute atomic E-state index is 0.0837. The van der Waals surface area contributed by atoms with Gasteiger partial charge in [-0.25, -0.2) is 14.4 Å². The Hall–Kier alpha value is -2.70. The average molecular weight is 377 g/mol. The van der Waals surface area contributed by atoms with Crippen molar-refractivity contribution in [3.8, 4) is 0 Å². The Morgan fingerprint density at radius 1 is 0.960 bits per heavy atom. The van der Waals surface area contributed by atoms with Gasteiger partial charge in [-0.2, -0.15) is 0 Å². The molecule has 126 valence electrons. The van der Waals surface area contributed by atoms with Crippen LogP contribution < -0.4 is 10.6 Å². The normalized spacial score (nSPS) is 10.4. The van der Waals surface area contributed by atoms with Crippen LogP contribution in [-0.4, -0.2) is 15.9 Å². The molecule has 0 aliphatic carbocycles. The second-order valence-corrected chi connectivity index (χ2v) is 5.74. The fourth-order valence-corrected chi connectivity index (χ4v) is 2.34. The number of para-hydroxylation sites is 1. The summed E-state index contributed by atoms with van der Waals surface area (Å²) >= 11 is 12.0. The maximum atomic E-state index is 13.6. The number of carbonyl (C=O) groups is 1. The van der Waals surface area contributed by atoms with E-state index in [-0.39, 0.29) is 17.2 Å². The van der Waals surface area contributed by atoms with E-state index in [0.717, 1.165) is 0 Å². The van der Waals surface area contributed by atoms with Gasteiger partial charge in [0.15, 0.2) is 0 Å². The quantitative estimate of drug-likeness (QED) is 0.678. The van der Waals surface area contributed by atoms with Gasteiger partial charge in [-0.15, -0.1) is 0 Å². The van der Waals surface area contributed by atoms with E-state index in [1.807, 2.05) is 0 Å². The molecule has 8 heteroatoms. The molecule has 1 aromatic heterocycles. The molecule has 3 rings (SSSR count). The van der Waals surface area contributed by atoms with Crippen molar-refractivity contribution < 1.29 is 9.18 Å². The first-order chi connectivity index (χ1) is 12.0. The molecule has 1 amide bonds. The van der Waals surface area contributed by atoms with E-state index in [1.54, 1.807) is 24.3 Å². The van der Waals surface area contributed by atoms with Crippen LogP contribution >= 0.6 is 23.2 Å². The van der Waals surface area contributed by atoms with Gasteiger partial charge in [-0.1, -0.05) is 41.4 Å². The summed E-state index contributed by atoms with van der Waals surface area (Å²) in [6.45, 7) is 0. The van der Waals surface area contributed by atoms with Crippen molar-refractivity contribution in [3.05, 3.63) is 76.3 Å². The number of hydrogen-bond acceptors (Lipinski definition) is 4. The molecule has 25 heavy (non-hydrogen) atoms. The molecule has 0 fully saturated rings. The molecule has 3 aromatic rings. The van der Waals surface area contributed by atoms with Crippen LogP contribution in [0.3, 0.4) is 0 Å². The lowest BCUT2D eigenvalue weighted by Gasteiger charge is -2.09. The predicted octanol–water partition coefficient (Wildman–Crippen LogP) is 4.92. The SMILES string of the molecule is O=C(Nc1ccccc1F)c1cnc(Nc2cccc(Cl)c2Cl)nc1. The highest BCUT2D eigenvalue weighted by atomic mass is 35.5. The highest BCUT2D eigenvalue weighted by Gasteiger charge is 2.11. The van der Waals surface area contributed by atoms with Crippen LogP contribution in [0.15, 0.2) is 54.9 Å². The van der Waals surface area contributed by atoms with Crippen molar-refractivity contribution in [1.29, 1.82) is 0 Å². The monoisotopic (exact) mass is 376 g/mol. The van der Waals surface area contributed by atoms with Crippen LogP contribution in [-0.2, 0) is 0 Å². The van der Waals surface area contributed by atoms with Crippen LogP contribution in [0.4, 0.5) is 21.7 Å². The van der Waals surface area contributed by atoms with Crippen LogP contribution in [0.5, 0.6) is 0 Å². The van der Waals surface area contributed by atoms with E-state index in [0.29, 0.717) is 15.7 Å². The molecule has 0 unspecified atom stereocenters. The first kappa shape index (κ1) is 17.1. The lowest BCUT2D eigenvalue weighted by Crippen LogP contribution is -2.14. The zero-order chi connectivity index (χ0) is 17.8. The molecule has 0 saturated heterocycles. The molecule has 0 radical (unpaired) electrons. The Morgan fingerprint density at radius 3 is 2.36 bits per heavy atom. The Morgan fingerprint density at radius 2 is 1.64 bits per heavy atom. The van der Waals surface area contributed by atoms with Crippen molar-refractivity contribution in [2.75, 3.05) is 10.6 Å². The zero-order valence-electron chi connectivity index (χ0n) is 12.6. The van der Waals surface area contributed by atoms with Crippen LogP contribution in [0.2, 0.25) is 10.0 Å². The minimum Gasteiger partial charge on any atom is -0.323 e. The van der Waals surface area contributed by atoms with E-state index < -0.39 is 11.7 Å². The molecule has 2 aromatic carbocycles. The average Bonchev–Trinajstić information content (AvgIpc) is 2.61. The van der Waals surface area contributed by atoms with Crippen LogP contribution in [0.25, 0.3) is 0 Å². The summed E-state index contributed by atoms with van der Waals surface area (Å²) in [6.07, 6.45) is 2.65. The van der Waals surface area contributed by atoms with Crippen LogP contribution in [0.1, 0.15) is 10.4 Å². The fourth-order valence-electron chi connectivity index (χ4n) is 1.99. The van der Waals surface area contributed by atoms with E-state index >= 15 is 0 Å². The molecular weight excluding hydrogens is 366 g/mol. The predicted molar refractivity (Wildman–Crippen MR) is 96.1 cm³/mol. The fraction of sp³-hybridized carbons (Fsp3) is 0. The molecule has 0 spiro atoms. The molecular formula is C17H11Cl2FN4O. The van der Waals surface area contributed by atoms with Gasteiger partial charge in [0, 0.05) is 12.4 Å². The lowest BCUT2D eigenvalue weighted by molar-refractivity contribution is 0.102. The van der Waals surface area contributed by atoms with E-state index in [9.17, 15) is 9.18 Å². The molecule has 0 saturated carbocycles. The number of benzene rings is 2. The summed E-state index contributed by atoms with van der Waals surface area (Å²) in [7, 11) is 0. The highest BCUT2D eigenvalue weighted by Crippen LogP contribution is 2.30.